The largest absolute Gasteiger partial charge is 0.481 e. The lowest BCUT2D eigenvalue weighted by atomic mass is 10.1. The molecule has 0 bridgehead atoms. The molecule has 0 aliphatic rings. The van der Waals surface area contributed by atoms with Crippen LogP contribution in [0.15, 0.2) is 4.99 Å². The molecule has 0 aromatic heterocycles. The van der Waals surface area contributed by atoms with Gasteiger partial charge >= 0.3 is 5.97 Å². The van der Waals surface area contributed by atoms with Gasteiger partial charge < -0.3 is 16.6 Å². The fourth-order valence-corrected chi connectivity index (χ4v) is 0.553. The fraction of sp³-hybridized carbons (Fsp3) is 0.667. The number of carbonyl (C=O) groups is 1. The SMILES string of the molecule is C[C@@H](N=C(N)N)[C@@H](C)C(=O)O. The molecule has 0 saturated carbocycles. The standard InChI is InChI=1S/C6H13N3O2/c1-3(5(10)11)4(2)9-6(7)8/h3-4H,1-2H3,(H,10,11)(H4,7,8,9)/t3-,4-/m1/s1. The molecular weight excluding hydrogens is 146 g/mol. The molecule has 0 radical (unpaired) electrons. The number of hydrogen-bond donors (Lipinski definition) is 3. The third kappa shape index (κ3) is 3.44. The monoisotopic (exact) mass is 159 g/mol. The number of carboxylic acid groups (broad SMARTS) is 1. The molecule has 5 N–H and O–H groups in total. The number of hydrogen-bond acceptors (Lipinski definition) is 2. The Bertz CT molecular complexity index is 175. The maximum Gasteiger partial charge on any atom is 0.308 e. The Hall–Kier alpha value is -1.26. The lowest BCUT2D eigenvalue weighted by Crippen LogP contribution is -2.29. The van der Waals surface area contributed by atoms with Crippen LogP contribution < -0.4 is 11.5 Å². The number of aliphatic imine (C=N–C) groups is 1. The van der Waals surface area contributed by atoms with E-state index in [4.69, 9.17) is 16.6 Å². The first-order valence-electron chi connectivity index (χ1n) is 3.26. The number of carboxylic acids is 1. The smallest absolute Gasteiger partial charge is 0.308 e. The second kappa shape index (κ2) is 3.80. The average Bonchev–Trinajstić information content (AvgIpc) is 1.84. The Kier molecular flexibility index (Phi) is 3.36. The van der Waals surface area contributed by atoms with Crippen molar-refractivity contribution in [3.8, 4) is 0 Å². The second-order valence-corrected chi connectivity index (χ2v) is 2.42. The first-order chi connectivity index (χ1) is 4.95. The van der Waals surface area contributed by atoms with Crippen molar-refractivity contribution in [3.63, 3.8) is 0 Å². The van der Waals surface area contributed by atoms with Gasteiger partial charge in [-0.3, -0.25) is 4.79 Å². The molecule has 2 atom stereocenters. The van der Waals surface area contributed by atoms with E-state index in [9.17, 15) is 4.79 Å². The van der Waals surface area contributed by atoms with E-state index in [1.54, 1.807) is 13.8 Å². The number of nitrogens with zero attached hydrogens (tertiary/aromatic N) is 1. The zero-order valence-electron chi connectivity index (χ0n) is 6.61. The first kappa shape index (κ1) is 9.74. The zero-order valence-corrected chi connectivity index (χ0v) is 6.61. The summed E-state index contributed by atoms with van der Waals surface area (Å²) < 4.78 is 0. The van der Waals surface area contributed by atoms with E-state index in [2.05, 4.69) is 4.99 Å². The van der Waals surface area contributed by atoms with Gasteiger partial charge in [-0.2, -0.15) is 0 Å². The van der Waals surface area contributed by atoms with E-state index in [1.165, 1.54) is 0 Å². The van der Waals surface area contributed by atoms with E-state index in [-0.39, 0.29) is 12.0 Å². The zero-order chi connectivity index (χ0) is 9.02. The molecule has 11 heavy (non-hydrogen) atoms. The van der Waals surface area contributed by atoms with E-state index in [1.807, 2.05) is 0 Å². The van der Waals surface area contributed by atoms with E-state index in [0.29, 0.717) is 0 Å². The predicted molar refractivity (Wildman–Crippen MR) is 42.1 cm³/mol. The van der Waals surface area contributed by atoms with Gasteiger partial charge in [0.05, 0.1) is 12.0 Å². The highest BCUT2D eigenvalue weighted by Crippen LogP contribution is 2.05. The average molecular weight is 159 g/mol. The fourth-order valence-electron chi connectivity index (χ4n) is 0.553. The van der Waals surface area contributed by atoms with Gasteiger partial charge in [0.25, 0.3) is 0 Å². The Morgan fingerprint density at radius 3 is 2.18 bits per heavy atom. The van der Waals surface area contributed by atoms with Crippen LogP contribution in [0.5, 0.6) is 0 Å². The molecule has 0 saturated heterocycles. The summed E-state index contributed by atoms with van der Waals surface area (Å²) in [5.74, 6) is -1.54. The van der Waals surface area contributed by atoms with Gasteiger partial charge in [-0.05, 0) is 13.8 Å². The maximum absolute atomic E-state index is 10.4. The quantitative estimate of drug-likeness (QED) is 0.377. The maximum atomic E-state index is 10.4. The van der Waals surface area contributed by atoms with Gasteiger partial charge in [0.15, 0.2) is 5.96 Å². The lowest BCUT2D eigenvalue weighted by Gasteiger charge is -2.10. The van der Waals surface area contributed by atoms with E-state index >= 15 is 0 Å². The van der Waals surface area contributed by atoms with Crippen LogP contribution in [0.25, 0.3) is 0 Å². The van der Waals surface area contributed by atoms with E-state index < -0.39 is 11.9 Å². The number of nitrogens with two attached hydrogens (primary N) is 2. The summed E-state index contributed by atoms with van der Waals surface area (Å²) in [7, 11) is 0. The minimum absolute atomic E-state index is 0.0781. The summed E-state index contributed by atoms with van der Waals surface area (Å²) in [6.07, 6.45) is 0. The van der Waals surface area contributed by atoms with Crippen molar-refractivity contribution in [1.29, 1.82) is 0 Å². The highest BCUT2D eigenvalue weighted by atomic mass is 16.4. The van der Waals surface area contributed by atoms with Crippen molar-refractivity contribution >= 4 is 11.9 Å². The third-order valence-corrected chi connectivity index (χ3v) is 1.47. The van der Waals surface area contributed by atoms with Gasteiger partial charge in [0.2, 0.25) is 0 Å². The number of aliphatic carboxylic acids is 1. The molecular formula is C6H13N3O2. The van der Waals surface area contributed by atoms with Crippen molar-refractivity contribution in [2.75, 3.05) is 0 Å². The number of rotatable bonds is 3. The van der Waals surface area contributed by atoms with Gasteiger partial charge in [-0.15, -0.1) is 0 Å². The molecule has 0 rings (SSSR count). The van der Waals surface area contributed by atoms with Crippen LogP contribution in [0.2, 0.25) is 0 Å². The summed E-state index contributed by atoms with van der Waals surface area (Å²) >= 11 is 0. The van der Waals surface area contributed by atoms with Crippen molar-refractivity contribution in [1.82, 2.24) is 0 Å². The summed E-state index contributed by atoms with van der Waals surface area (Å²) in [6, 6.07) is -0.377. The molecule has 0 aliphatic carbocycles. The second-order valence-electron chi connectivity index (χ2n) is 2.42. The highest BCUT2D eigenvalue weighted by Gasteiger charge is 2.18. The van der Waals surface area contributed by atoms with Crippen molar-refractivity contribution < 1.29 is 9.90 Å². The van der Waals surface area contributed by atoms with Gasteiger partial charge in [-0.25, -0.2) is 4.99 Å². The molecule has 5 heteroatoms. The Morgan fingerprint density at radius 2 is 1.91 bits per heavy atom. The van der Waals surface area contributed by atoms with Crippen LogP contribution in [-0.2, 0) is 4.79 Å². The predicted octanol–water partition coefficient (Wildman–Crippen LogP) is -0.631. The Labute approximate surface area is 65.1 Å². The Morgan fingerprint density at radius 1 is 1.45 bits per heavy atom. The normalized spacial score (nSPS) is 15.1. The molecule has 0 aromatic carbocycles. The highest BCUT2D eigenvalue weighted by molar-refractivity contribution is 5.77. The Balaban J connectivity index is 4.14. The first-order valence-corrected chi connectivity index (χ1v) is 3.26. The van der Waals surface area contributed by atoms with Gasteiger partial charge in [-0.1, -0.05) is 0 Å². The van der Waals surface area contributed by atoms with Crippen LogP contribution in [-0.4, -0.2) is 23.1 Å². The lowest BCUT2D eigenvalue weighted by molar-refractivity contribution is -0.141. The van der Waals surface area contributed by atoms with E-state index in [0.717, 1.165) is 0 Å². The molecule has 64 valence electrons. The van der Waals surface area contributed by atoms with Crippen LogP contribution >= 0.6 is 0 Å². The molecule has 0 aliphatic heterocycles. The topological polar surface area (TPSA) is 102 Å². The van der Waals surface area contributed by atoms with Gasteiger partial charge in [0.1, 0.15) is 0 Å². The molecule has 5 nitrogen and oxygen atoms in total. The van der Waals surface area contributed by atoms with Crippen LogP contribution in [0, 0.1) is 5.92 Å². The minimum atomic E-state index is -0.900. The van der Waals surface area contributed by atoms with Gasteiger partial charge in [0, 0.05) is 0 Å². The van der Waals surface area contributed by atoms with Crippen molar-refractivity contribution in [2.45, 2.75) is 19.9 Å². The summed E-state index contributed by atoms with van der Waals surface area (Å²) in [5.41, 5.74) is 10.1. The van der Waals surface area contributed by atoms with Crippen LogP contribution in [0.3, 0.4) is 0 Å². The minimum Gasteiger partial charge on any atom is -0.481 e. The number of guanidine groups is 1. The van der Waals surface area contributed by atoms with Crippen molar-refractivity contribution in [2.24, 2.45) is 22.4 Å². The van der Waals surface area contributed by atoms with Crippen LogP contribution in [0.4, 0.5) is 0 Å². The molecule has 0 heterocycles. The molecule has 0 unspecified atom stereocenters. The summed E-state index contributed by atoms with van der Waals surface area (Å²) in [5, 5.41) is 8.51. The summed E-state index contributed by atoms with van der Waals surface area (Å²) in [4.78, 5) is 14.1. The third-order valence-electron chi connectivity index (χ3n) is 1.47. The molecule has 0 fully saturated rings. The molecule has 0 spiro atoms. The molecule has 0 aromatic rings. The van der Waals surface area contributed by atoms with Crippen LogP contribution in [0.1, 0.15) is 13.8 Å². The van der Waals surface area contributed by atoms with Crippen molar-refractivity contribution in [3.05, 3.63) is 0 Å². The summed E-state index contributed by atoms with van der Waals surface area (Å²) in [6.45, 7) is 3.21. The molecule has 0 amide bonds.